The molecule has 22 heavy (non-hydrogen) atoms. The van der Waals surface area contributed by atoms with E-state index in [9.17, 15) is 9.59 Å². The minimum Gasteiger partial charge on any atom is -0.463 e. The molecule has 2 N–H and O–H groups in total. The molecule has 2 unspecified atom stereocenters. The van der Waals surface area contributed by atoms with Crippen molar-refractivity contribution < 1.29 is 14.0 Å². The molecule has 1 amide bonds. The van der Waals surface area contributed by atoms with Crippen LogP contribution in [0.25, 0.3) is 0 Å². The fourth-order valence-corrected chi connectivity index (χ4v) is 3.21. The Bertz CT molecular complexity index is 728. The Kier molecular flexibility index (Phi) is 2.96. The number of rotatable bonds is 2. The Morgan fingerprint density at radius 1 is 1.36 bits per heavy atom. The second kappa shape index (κ2) is 4.98. The molecule has 3 aliphatic rings. The summed E-state index contributed by atoms with van der Waals surface area (Å²) in [5.74, 6) is 0.467. The van der Waals surface area contributed by atoms with Crippen molar-refractivity contribution in [2.75, 3.05) is 0 Å². The van der Waals surface area contributed by atoms with Crippen LogP contribution < -0.4 is 10.7 Å². The Morgan fingerprint density at radius 3 is 3.05 bits per heavy atom. The van der Waals surface area contributed by atoms with Crippen LogP contribution in [0.2, 0.25) is 0 Å². The van der Waals surface area contributed by atoms with Crippen LogP contribution in [0, 0.1) is 5.92 Å². The van der Waals surface area contributed by atoms with E-state index < -0.39 is 0 Å². The standard InChI is InChI=1S/C16H15N3O3/c20-13-4-1-3-12-10(13)7-9(17-12)8-11-15(18-19-16(11)21)14-5-2-6-22-14/h2,5-8,10,12,17H,1,3-4H2,(H,19,21)/b11-8+. The first-order valence-corrected chi connectivity index (χ1v) is 7.37. The molecule has 4 rings (SSSR count). The van der Waals surface area contributed by atoms with Crippen LogP contribution in [-0.4, -0.2) is 23.4 Å². The third kappa shape index (κ3) is 2.07. The number of carbonyl (C=O) groups excluding carboxylic acids is 2. The van der Waals surface area contributed by atoms with Crippen LogP contribution in [-0.2, 0) is 9.59 Å². The lowest BCUT2D eigenvalue weighted by Crippen LogP contribution is -2.36. The Hall–Kier alpha value is -2.63. The summed E-state index contributed by atoms with van der Waals surface area (Å²) in [4.78, 5) is 23.9. The molecule has 0 saturated heterocycles. The number of allylic oxidation sites excluding steroid dienone is 1. The van der Waals surface area contributed by atoms with Gasteiger partial charge in [-0.15, -0.1) is 0 Å². The second-order valence-corrected chi connectivity index (χ2v) is 5.69. The lowest BCUT2D eigenvalue weighted by Gasteiger charge is -2.23. The molecule has 3 heterocycles. The summed E-state index contributed by atoms with van der Waals surface area (Å²) in [5.41, 5.74) is 4.18. The molecular formula is C16H15N3O3. The van der Waals surface area contributed by atoms with E-state index >= 15 is 0 Å². The summed E-state index contributed by atoms with van der Waals surface area (Å²) in [6.07, 6.45) is 7.75. The summed E-state index contributed by atoms with van der Waals surface area (Å²) < 4.78 is 5.31. The molecule has 1 aromatic heterocycles. The van der Waals surface area contributed by atoms with Gasteiger partial charge in [0.1, 0.15) is 11.5 Å². The van der Waals surface area contributed by atoms with E-state index in [4.69, 9.17) is 4.42 Å². The fraction of sp³-hybridized carbons (Fsp3) is 0.312. The monoisotopic (exact) mass is 297 g/mol. The molecule has 1 aromatic rings. The van der Waals surface area contributed by atoms with Crippen molar-refractivity contribution in [3.63, 3.8) is 0 Å². The Balaban J connectivity index is 1.64. The summed E-state index contributed by atoms with van der Waals surface area (Å²) in [6.45, 7) is 0. The van der Waals surface area contributed by atoms with Gasteiger partial charge in [0.15, 0.2) is 5.76 Å². The van der Waals surface area contributed by atoms with E-state index in [1.54, 1.807) is 24.5 Å². The molecule has 1 fully saturated rings. The zero-order valence-corrected chi connectivity index (χ0v) is 11.8. The van der Waals surface area contributed by atoms with E-state index in [1.165, 1.54) is 0 Å². The molecule has 1 saturated carbocycles. The van der Waals surface area contributed by atoms with Crippen molar-refractivity contribution in [2.45, 2.75) is 25.3 Å². The highest BCUT2D eigenvalue weighted by molar-refractivity contribution is 6.30. The normalized spacial score (nSPS) is 29.0. The fourth-order valence-electron chi connectivity index (χ4n) is 3.21. The Labute approximate surface area is 126 Å². The van der Waals surface area contributed by atoms with Crippen molar-refractivity contribution in [1.82, 2.24) is 10.7 Å². The zero-order chi connectivity index (χ0) is 15.1. The van der Waals surface area contributed by atoms with Gasteiger partial charge in [-0.25, -0.2) is 5.43 Å². The van der Waals surface area contributed by atoms with Crippen molar-refractivity contribution in [1.29, 1.82) is 0 Å². The van der Waals surface area contributed by atoms with E-state index in [0.29, 0.717) is 23.5 Å². The largest absolute Gasteiger partial charge is 0.463 e. The predicted molar refractivity (Wildman–Crippen MR) is 78.8 cm³/mol. The smallest absolute Gasteiger partial charge is 0.273 e. The van der Waals surface area contributed by atoms with Gasteiger partial charge >= 0.3 is 0 Å². The number of furan rings is 1. The van der Waals surface area contributed by atoms with Gasteiger partial charge < -0.3 is 9.73 Å². The average molecular weight is 297 g/mol. The van der Waals surface area contributed by atoms with E-state index in [1.807, 2.05) is 6.08 Å². The third-order valence-corrected chi connectivity index (χ3v) is 4.28. The molecule has 0 spiro atoms. The second-order valence-electron chi connectivity index (χ2n) is 5.69. The molecule has 0 radical (unpaired) electrons. The van der Waals surface area contributed by atoms with Crippen LogP contribution >= 0.6 is 0 Å². The quantitative estimate of drug-likeness (QED) is 0.805. The van der Waals surface area contributed by atoms with E-state index in [0.717, 1.165) is 18.5 Å². The summed E-state index contributed by atoms with van der Waals surface area (Å²) in [7, 11) is 0. The van der Waals surface area contributed by atoms with Crippen molar-refractivity contribution in [3.05, 3.63) is 47.6 Å². The number of carbonyl (C=O) groups is 2. The molecule has 6 nitrogen and oxygen atoms in total. The maximum atomic E-state index is 12.0. The lowest BCUT2D eigenvalue weighted by atomic mass is 9.85. The van der Waals surface area contributed by atoms with Crippen LogP contribution in [0.4, 0.5) is 0 Å². The molecule has 2 aliphatic heterocycles. The maximum absolute atomic E-state index is 12.0. The Morgan fingerprint density at radius 2 is 2.27 bits per heavy atom. The van der Waals surface area contributed by atoms with Gasteiger partial charge in [0.25, 0.3) is 5.91 Å². The molecule has 0 aromatic carbocycles. The van der Waals surface area contributed by atoms with Gasteiger partial charge in [0.05, 0.1) is 17.8 Å². The van der Waals surface area contributed by atoms with Gasteiger partial charge in [-0.3, -0.25) is 9.59 Å². The van der Waals surface area contributed by atoms with Crippen molar-refractivity contribution in [2.24, 2.45) is 11.0 Å². The topological polar surface area (TPSA) is 83.7 Å². The number of hydrogen-bond acceptors (Lipinski definition) is 5. The highest BCUT2D eigenvalue weighted by atomic mass is 16.3. The maximum Gasteiger partial charge on any atom is 0.273 e. The number of nitrogens with one attached hydrogen (secondary N) is 2. The number of fused-ring (bicyclic) bond motifs is 1. The minimum atomic E-state index is -0.268. The van der Waals surface area contributed by atoms with Crippen LogP contribution in [0.3, 0.4) is 0 Å². The molecule has 2 atom stereocenters. The van der Waals surface area contributed by atoms with Crippen LogP contribution in [0.5, 0.6) is 0 Å². The number of amides is 1. The predicted octanol–water partition coefficient (Wildman–Crippen LogP) is 1.26. The van der Waals surface area contributed by atoms with Gasteiger partial charge in [-0.1, -0.05) is 0 Å². The average Bonchev–Trinajstić information content (AvgIpc) is 3.20. The molecule has 0 bridgehead atoms. The first kappa shape index (κ1) is 13.1. The minimum absolute atomic E-state index is 0.0749. The molecular weight excluding hydrogens is 282 g/mol. The first-order valence-electron chi connectivity index (χ1n) is 7.37. The van der Waals surface area contributed by atoms with Crippen molar-refractivity contribution >= 4 is 17.4 Å². The summed E-state index contributed by atoms with van der Waals surface area (Å²) >= 11 is 0. The number of Topliss-reactive ketones (excluding diaryl/α,β-unsaturated/α-hetero) is 1. The highest BCUT2D eigenvalue weighted by Gasteiger charge is 2.35. The number of hydrogen-bond donors (Lipinski definition) is 2. The number of ketones is 1. The highest BCUT2D eigenvalue weighted by Crippen LogP contribution is 2.29. The van der Waals surface area contributed by atoms with Gasteiger partial charge in [-0.2, -0.15) is 5.10 Å². The number of nitrogens with zero attached hydrogens (tertiary/aromatic N) is 1. The van der Waals surface area contributed by atoms with E-state index in [2.05, 4.69) is 15.8 Å². The molecule has 1 aliphatic carbocycles. The van der Waals surface area contributed by atoms with Gasteiger partial charge in [0, 0.05) is 18.2 Å². The lowest BCUT2D eigenvalue weighted by molar-refractivity contribution is -0.123. The van der Waals surface area contributed by atoms with Gasteiger partial charge in [0.2, 0.25) is 0 Å². The number of hydrazone groups is 1. The zero-order valence-electron chi connectivity index (χ0n) is 11.8. The van der Waals surface area contributed by atoms with Gasteiger partial charge in [-0.05, 0) is 37.1 Å². The third-order valence-electron chi connectivity index (χ3n) is 4.28. The van der Waals surface area contributed by atoms with Crippen LogP contribution in [0.15, 0.2) is 51.3 Å². The SMILES string of the molecule is O=C1NN=C(c2ccco2)/C1=C\C1=CC2C(=O)CCCC2N1. The molecule has 112 valence electrons. The van der Waals surface area contributed by atoms with Crippen molar-refractivity contribution in [3.8, 4) is 0 Å². The summed E-state index contributed by atoms with van der Waals surface area (Å²) in [5, 5.41) is 7.36. The summed E-state index contributed by atoms with van der Waals surface area (Å²) in [6, 6.07) is 3.66. The van der Waals surface area contributed by atoms with E-state index in [-0.39, 0.29) is 23.7 Å². The first-order chi connectivity index (χ1) is 10.7. The molecule has 6 heteroatoms. The van der Waals surface area contributed by atoms with Crippen LogP contribution in [0.1, 0.15) is 25.0 Å².